The first-order chi connectivity index (χ1) is 9.66. The molecule has 1 aromatic carbocycles. The summed E-state index contributed by atoms with van der Waals surface area (Å²) in [6, 6.07) is 6.12. The Morgan fingerprint density at radius 3 is 2.35 bits per heavy atom. The number of amides is 3. The molecule has 5 heteroatoms. The van der Waals surface area contributed by atoms with Gasteiger partial charge in [-0.05, 0) is 43.0 Å². The van der Waals surface area contributed by atoms with Crippen molar-refractivity contribution in [3.8, 4) is 0 Å². The monoisotopic (exact) mass is 273 g/mol. The van der Waals surface area contributed by atoms with Crippen LogP contribution in [0.2, 0.25) is 0 Å². The normalized spacial score (nSPS) is 24.0. The molecule has 1 atom stereocenters. The molecular weight excluding hydrogens is 254 g/mol. The molecule has 3 rings (SSSR count). The Labute approximate surface area is 118 Å². The summed E-state index contributed by atoms with van der Waals surface area (Å²) in [5, 5.41) is 2.84. The zero-order valence-corrected chi connectivity index (χ0v) is 11.3. The minimum Gasteiger partial charge on any atom is -0.399 e. The number of nitrogens with zero attached hydrogens (tertiary/aromatic N) is 1. The highest BCUT2D eigenvalue weighted by Crippen LogP contribution is 2.31. The van der Waals surface area contributed by atoms with E-state index in [4.69, 9.17) is 5.73 Å². The summed E-state index contributed by atoms with van der Waals surface area (Å²) in [5.41, 5.74) is 6.83. The second-order valence-corrected chi connectivity index (χ2v) is 5.59. The Kier molecular flexibility index (Phi) is 3.34. The molecule has 5 nitrogen and oxygen atoms in total. The van der Waals surface area contributed by atoms with Crippen molar-refractivity contribution in [3.05, 3.63) is 24.3 Å². The van der Waals surface area contributed by atoms with Crippen LogP contribution < -0.4 is 16.0 Å². The third-order valence-corrected chi connectivity index (χ3v) is 4.24. The van der Waals surface area contributed by atoms with Crippen LogP contribution in [-0.2, 0) is 4.79 Å². The van der Waals surface area contributed by atoms with Gasteiger partial charge in [-0.1, -0.05) is 19.3 Å². The number of benzene rings is 1. The van der Waals surface area contributed by atoms with E-state index < -0.39 is 0 Å². The van der Waals surface area contributed by atoms with Gasteiger partial charge in [-0.3, -0.25) is 4.79 Å². The average molecular weight is 273 g/mol. The zero-order chi connectivity index (χ0) is 14.1. The molecule has 0 bridgehead atoms. The van der Waals surface area contributed by atoms with Crippen molar-refractivity contribution in [1.29, 1.82) is 0 Å². The van der Waals surface area contributed by atoms with E-state index in [9.17, 15) is 9.59 Å². The van der Waals surface area contributed by atoms with Crippen molar-refractivity contribution in [3.63, 3.8) is 0 Å². The second kappa shape index (κ2) is 5.15. The lowest BCUT2D eigenvalue weighted by Gasteiger charge is -2.25. The van der Waals surface area contributed by atoms with Crippen molar-refractivity contribution in [2.75, 3.05) is 10.6 Å². The molecule has 1 aromatic rings. The molecule has 2 fully saturated rings. The molecule has 0 spiro atoms. The third-order valence-electron chi connectivity index (χ3n) is 4.24. The molecule has 1 saturated carbocycles. The van der Waals surface area contributed by atoms with Gasteiger partial charge in [-0.2, -0.15) is 0 Å². The number of hydrogen-bond donors (Lipinski definition) is 2. The first-order valence-electron chi connectivity index (χ1n) is 7.17. The standard InChI is InChI=1S/C15H19N3O2/c16-11-6-8-12(9-7-11)18-14(19)13(17-15(18)20)10-4-2-1-3-5-10/h6-10,13H,1-5,16H2,(H,17,20). The maximum Gasteiger partial charge on any atom is 0.329 e. The molecule has 1 heterocycles. The summed E-state index contributed by atoms with van der Waals surface area (Å²) >= 11 is 0. The minimum atomic E-state index is -0.361. The molecule has 1 saturated heterocycles. The Hall–Kier alpha value is -2.04. The first-order valence-corrected chi connectivity index (χ1v) is 7.17. The smallest absolute Gasteiger partial charge is 0.329 e. The van der Waals surface area contributed by atoms with E-state index in [0.29, 0.717) is 11.4 Å². The fourth-order valence-corrected chi connectivity index (χ4v) is 3.15. The number of hydrogen-bond acceptors (Lipinski definition) is 3. The van der Waals surface area contributed by atoms with Crippen LogP contribution in [0.3, 0.4) is 0 Å². The third kappa shape index (κ3) is 2.24. The Bertz CT molecular complexity index is 520. The fraction of sp³-hybridized carbons (Fsp3) is 0.467. The highest BCUT2D eigenvalue weighted by atomic mass is 16.2. The molecule has 3 amide bonds. The SMILES string of the molecule is Nc1ccc(N2C(=O)NC(C3CCCCC3)C2=O)cc1. The molecule has 1 unspecified atom stereocenters. The summed E-state index contributed by atoms with van der Waals surface area (Å²) in [5.74, 6) is 0.144. The fourth-order valence-electron chi connectivity index (χ4n) is 3.15. The van der Waals surface area contributed by atoms with Gasteiger partial charge in [0, 0.05) is 5.69 Å². The number of nitrogens with one attached hydrogen (secondary N) is 1. The van der Waals surface area contributed by atoms with Crippen molar-refractivity contribution < 1.29 is 9.59 Å². The number of rotatable bonds is 2. The summed E-state index contributed by atoms with van der Waals surface area (Å²) in [6.07, 6.45) is 5.56. The highest BCUT2D eigenvalue weighted by Gasteiger charge is 2.43. The van der Waals surface area contributed by atoms with Crippen LogP contribution in [-0.4, -0.2) is 18.0 Å². The predicted octanol–water partition coefficient (Wildman–Crippen LogP) is 2.27. The molecule has 0 aromatic heterocycles. The quantitative estimate of drug-likeness (QED) is 0.641. The predicted molar refractivity (Wildman–Crippen MR) is 77.2 cm³/mol. The van der Waals surface area contributed by atoms with Crippen LogP contribution in [0.1, 0.15) is 32.1 Å². The van der Waals surface area contributed by atoms with E-state index in [-0.39, 0.29) is 23.9 Å². The number of carbonyl (C=O) groups excluding carboxylic acids is 2. The number of imide groups is 1. The van der Waals surface area contributed by atoms with Crippen LogP contribution >= 0.6 is 0 Å². The molecule has 1 aliphatic carbocycles. The Morgan fingerprint density at radius 1 is 1.05 bits per heavy atom. The molecule has 2 aliphatic rings. The average Bonchev–Trinajstić information content (AvgIpc) is 2.76. The number of carbonyl (C=O) groups is 2. The summed E-state index contributed by atoms with van der Waals surface area (Å²) in [4.78, 5) is 25.8. The van der Waals surface area contributed by atoms with E-state index in [0.717, 1.165) is 25.7 Å². The first kappa shape index (κ1) is 13.0. The summed E-state index contributed by atoms with van der Waals surface area (Å²) in [6.45, 7) is 0. The van der Waals surface area contributed by atoms with Crippen LogP contribution in [0.4, 0.5) is 16.2 Å². The van der Waals surface area contributed by atoms with Gasteiger partial charge in [0.25, 0.3) is 5.91 Å². The van der Waals surface area contributed by atoms with Crippen LogP contribution in [0.25, 0.3) is 0 Å². The topological polar surface area (TPSA) is 75.4 Å². The van der Waals surface area contributed by atoms with Crippen molar-refractivity contribution in [1.82, 2.24) is 5.32 Å². The molecule has 3 N–H and O–H groups in total. The van der Waals surface area contributed by atoms with E-state index in [1.807, 2.05) is 0 Å². The van der Waals surface area contributed by atoms with Gasteiger partial charge in [0.05, 0.1) is 5.69 Å². The van der Waals surface area contributed by atoms with Crippen LogP contribution in [0.15, 0.2) is 24.3 Å². The van der Waals surface area contributed by atoms with Gasteiger partial charge in [-0.25, -0.2) is 9.69 Å². The molecule has 0 radical (unpaired) electrons. The number of urea groups is 1. The minimum absolute atomic E-state index is 0.133. The van der Waals surface area contributed by atoms with Gasteiger partial charge < -0.3 is 11.1 Å². The molecule has 1 aliphatic heterocycles. The van der Waals surface area contributed by atoms with Crippen LogP contribution in [0, 0.1) is 5.92 Å². The van der Waals surface area contributed by atoms with E-state index in [2.05, 4.69) is 5.32 Å². The van der Waals surface area contributed by atoms with Crippen molar-refractivity contribution in [2.45, 2.75) is 38.1 Å². The molecule has 106 valence electrons. The number of anilines is 2. The Balaban J connectivity index is 1.81. The van der Waals surface area contributed by atoms with Crippen molar-refractivity contribution in [2.24, 2.45) is 5.92 Å². The van der Waals surface area contributed by atoms with Crippen molar-refractivity contribution >= 4 is 23.3 Å². The van der Waals surface area contributed by atoms with Gasteiger partial charge in [0.1, 0.15) is 6.04 Å². The summed E-state index contributed by atoms with van der Waals surface area (Å²) < 4.78 is 0. The lowest BCUT2D eigenvalue weighted by Crippen LogP contribution is -2.38. The Morgan fingerprint density at radius 2 is 1.70 bits per heavy atom. The second-order valence-electron chi connectivity index (χ2n) is 5.59. The number of nitrogen functional groups attached to an aromatic ring is 1. The maximum absolute atomic E-state index is 12.5. The van der Waals surface area contributed by atoms with E-state index >= 15 is 0 Å². The van der Waals surface area contributed by atoms with Gasteiger partial charge in [0.15, 0.2) is 0 Å². The van der Waals surface area contributed by atoms with Crippen LogP contribution in [0.5, 0.6) is 0 Å². The molecular formula is C15H19N3O2. The lowest BCUT2D eigenvalue weighted by atomic mass is 9.84. The highest BCUT2D eigenvalue weighted by molar-refractivity contribution is 6.21. The zero-order valence-electron chi connectivity index (χ0n) is 11.3. The lowest BCUT2D eigenvalue weighted by molar-refractivity contribution is -0.119. The summed E-state index contributed by atoms with van der Waals surface area (Å²) in [7, 11) is 0. The molecule has 20 heavy (non-hydrogen) atoms. The van der Waals surface area contributed by atoms with E-state index in [1.54, 1.807) is 24.3 Å². The van der Waals surface area contributed by atoms with Gasteiger partial charge in [0.2, 0.25) is 0 Å². The number of nitrogens with two attached hydrogens (primary N) is 1. The largest absolute Gasteiger partial charge is 0.399 e. The van der Waals surface area contributed by atoms with E-state index in [1.165, 1.54) is 11.3 Å². The van der Waals surface area contributed by atoms with Gasteiger partial charge >= 0.3 is 6.03 Å². The van der Waals surface area contributed by atoms with Gasteiger partial charge in [-0.15, -0.1) is 0 Å². The maximum atomic E-state index is 12.5.